The molecule has 2 aliphatic heterocycles. The van der Waals surface area contributed by atoms with E-state index in [1.54, 1.807) is 37.3 Å². The molecule has 8 heteroatoms. The quantitative estimate of drug-likeness (QED) is 0.649. The number of ether oxygens (including phenoxy) is 2. The number of aryl methyl sites for hydroxylation is 1. The number of halogens is 1. The Morgan fingerprint density at radius 3 is 2.65 bits per heavy atom. The van der Waals surface area contributed by atoms with Crippen LogP contribution in [0, 0.1) is 18.3 Å². The van der Waals surface area contributed by atoms with E-state index in [0.29, 0.717) is 21.3 Å². The van der Waals surface area contributed by atoms with Gasteiger partial charge in [0.15, 0.2) is 5.41 Å². The Morgan fingerprint density at radius 1 is 1.29 bits per heavy atom. The third-order valence-corrected chi connectivity index (χ3v) is 6.38. The molecule has 7 nitrogen and oxygen atoms in total. The summed E-state index contributed by atoms with van der Waals surface area (Å²) in [6.07, 6.45) is 0. The summed E-state index contributed by atoms with van der Waals surface area (Å²) in [6, 6.07) is 14.4. The zero-order valence-corrected chi connectivity index (χ0v) is 18.4. The van der Waals surface area contributed by atoms with Gasteiger partial charge in [0.2, 0.25) is 11.8 Å². The Bertz CT molecular complexity index is 1230. The molecule has 0 saturated heterocycles. The van der Waals surface area contributed by atoms with Crippen molar-refractivity contribution >= 4 is 39.3 Å². The van der Waals surface area contributed by atoms with Crippen LogP contribution in [0.4, 0.5) is 5.69 Å². The number of fused-ring (bicyclic) bond motifs is 2. The molecule has 4 rings (SSSR count). The van der Waals surface area contributed by atoms with Crippen LogP contribution in [-0.4, -0.2) is 18.5 Å². The molecule has 0 bridgehead atoms. The first kappa shape index (κ1) is 20.7. The lowest BCUT2D eigenvalue weighted by Crippen LogP contribution is -2.46. The van der Waals surface area contributed by atoms with Crippen LogP contribution in [0.25, 0.3) is 5.76 Å². The Morgan fingerprint density at radius 2 is 2.00 bits per heavy atom. The molecule has 2 aliphatic rings. The van der Waals surface area contributed by atoms with Gasteiger partial charge in [-0.15, -0.1) is 0 Å². The van der Waals surface area contributed by atoms with E-state index < -0.39 is 17.3 Å². The van der Waals surface area contributed by atoms with Crippen LogP contribution in [-0.2, 0) is 24.5 Å². The minimum absolute atomic E-state index is 0.0744. The standard InChI is InChI=1S/C23H18BrN3O4/c1-3-30-21(28)17-19(13-7-5-4-6-8-13)31-20(26)14(11-25)23(17)16-15(27-22(23)29)10-9-12(2)18(16)24/h4-10H,3,26H2,1-2H3,(H,27,29). The van der Waals surface area contributed by atoms with E-state index in [0.717, 1.165) is 5.56 Å². The molecule has 31 heavy (non-hydrogen) atoms. The minimum Gasteiger partial charge on any atom is -0.462 e. The number of nitrogens with two attached hydrogens (primary N) is 1. The van der Waals surface area contributed by atoms with Crippen molar-refractivity contribution in [2.75, 3.05) is 11.9 Å². The summed E-state index contributed by atoms with van der Waals surface area (Å²) >= 11 is 3.56. The SMILES string of the molecule is CCOC(=O)C1=C(c2ccccc2)OC(N)=C(C#N)C12C(=O)Nc1ccc(C)c(Br)c12. The number of carbonyl (C=O) groups excluding carboxylic acids is 2. The van der Waals surface area contributed by atoms with Gasteiger partial charge >= 0.3 is 5.97 Å². The normalized spacial score (nSPS) is 19.6. The van der Waals surface area contributed by atoms with E-state index in [1.165, 1.54) is 0 Å². The Balaban J connectivity index is 2.19. The molecule has 0 aromatic heterocycles. The topological polar surface area (TPSA) is 114 Å². The molecule has 156 valence electrons. The van der Waals surface area contributed by atoms with Crippen molar-refractivity contribution in [2.45, 2.75) is 19.3 Å². The summed E-state index contributed by atoms with van der Waals surface area (Å²) in [6.45, 7) is 3.59. The van der Waals surface area contributed by atoms with Gasteiger partial charge in [-0.3, -0.25) is 4.79 Å². The maximum absolute atomic E-state index is 13.6. The largest absolute Gasteiger partial charge is 0.462 e. The van der Waals surface area contributed by atoms with Gasteiger partial charge in [-0.25, -0.2) is 4.79 Å². The second-order valence-corrected chi connectivity index (χ2v) is 7.86. The molecule has 0 fully saturated rings. The summed E-state index contributed by atoms with van der Waals surface area (Å²) in [5, 5.41) is 12.8. The summed E-state index contributed by atoms with van der Waals surface area (Å²) in [5.41, 5.74) is 6.33. The lowest BCUT2D eigenvalue weighted by molar-refractivity contribution is -0.140. The van der Waals surface area contributed by atoms with Crippen molar-refractivity contribution in [2.24, 2.45) is 5.73 Å². The minimum atomic E-state index is -1.82. The summed E-state index contributed by atoms with van der Waals surface area (Å²) < 4.78 is 11.7. The van der Waals surface area contributed by atoms with Gasteiger partial charge in [-0.1, -0.05) is 52.3 Å². The zero-order chi connectivity index (χ0) is 22.3. The lowest BCUT2D eigenvalue weighted by atomic mass is 9.67. The van der Waals surface area contributed by atoms with Crippen molar-refractivity contribution < 1.29 is 19.1 Å². The molecule has 2 aromatic carbocycles. The Hall–Kier alpha value is -3.57. The fourth-order valence-electron chi connectivity index (χ4n) is 4.03. The maximum Gasteiger partial charge on any atom is 0.339 e. The number of nitrogens with one attached hydrogen (secondary N) is 1. The predicted octanol–water partition coefficient (Wildman–Crippen LogP) is 3.65. The number of rotatable bonds is 3. The first-order chi connectivity index (χ1) is 14.9. The highest BCUT2D eigenvalue weighted by Crippen LogP contribution is 2.55. The number of nitriles is 1. The molecule has 0 aliphatic carbocycles. The second kappa shape index (κ2) is 7.60. The van der Waals surface area contributed by atoms with Crippen molar-refractivity contribution in [3.8, 4) is 6.07 Å². The average molecular weight is 480 g/mol. The van der Waals surface area contributed by atoms with E-state index >= 15 is 0 Å². The number of carbonyl (C=O) groups is 2. The number of hydrogen-bond donors (Lipinski definition) is 2. The van der Waals surface area contributed by atoms with Crippen LogP contribution in [0.1, 0.15) is 23.6 Å². The molecular weight excluding hydrogens is 462 g/mol. The van der Waals surface area contributed by atoms with Crippen LogP contribution in [0.2, 0.25) is 0 Å². The summed E-state index contributed by atoms with van der Waals surface area (Å²) in [7, 11) is 0. The maximum atomic E-state index is 13.6. The van der Waals surface area contributed by atoms with E-state index in [1.807, 2.05) is 25.1 Å². The number of amides is 1. The highest BCUT2D eigenvalue weighted by atomic mass is 79.9. The fraction of sp³-hybridized carbons (Fsp3) is 0.174. The summed E-state index contributed by atoms with van der Waals surface area (Å²) in [4.78, 5) is 26.9. The third-order valence-electron chi connectivity index (χ3n) is 5.36. The first-order valence-corrected chi connectivity index (χ1v) is 10.3. The van der Waals surface area contributed by atoms with Crippen molar-refractivity contribution in [1.29, 1.82) is 5.26 Å². The number of hydrogen-bond acceptors (Lipinski definition) is 6. The monoisotopic (exact) mass is 479 g/mol. The molecular formula is C23H18BrN3O4. The van der Waals surface area contributed by atoms with E-state index in [2.05, 4.69) is 21.2 Å². The molecule has 1 spiro atoms. The Kier molecular flexibility index (Phi) is 5.07. The van der Waals surface area contributed by atoms with Crippen molar-refractivity contribution in [3.63, 3.8) is 0 Å². The van der Waals surface area contributed by atoms with Crippen LogP contribution >= 0.6 is 15.9 Å². The highest BCUT2D eigenvalue weighted by molar-refractivity contribution is 9.10. The fourth-order valence-corrected chi connectivity index (χ4v) is 4.67. The van der Waals surface area contributed by atoms with E-state index in [4.69, 9.17) is 15.2 Å². The molecule has 2 aromatic rings. The third kappa shape index (κ3) is 2.85. The molecule has 1 unspecified atom stereocenters. The lowest BCUT2D eigenvalue weighted by Gasteiger charge is -2.35. The smallest absolute Gasteiger partial charge is 0.339 e. The van der Waals surface area contributed by atoms with Gasteiger partial charge in [0.1, 0.15) is 23.0 Å². The molecule has 0 saturated carbocycles. The first-order valence-electron chi connectivity index (χ1n) is 9.54. The van der Waals surface area contributed by atoms with Crippen LogP contribution in [0.5, 0.6) is 0 Å². The molecule has 1 amide bonds. The van der Waals surface area contributed by atoms with Gasteiger partial charge in [0.25, 0.3) is 0 Å². The number of benzene rings is 2. The molecule has 3 N–H and O–H groups in total. The predicted molar refractivity (Wildman–Crippen MR) is 117 cm³/mol. The van der Waals surface area contributed by atoms with Gasteiger partial charge < -0.3 is 20.5 Å². The number of nitrogens with zero attached hydrogens (tertiary/aromatic N) is 1. The van der Waals surface area contributed by atoms with E-state index in [9.17, 15) is 14.9 Å². The van der Waals surface area contributed by atoms with Crippen molar-refractivity contribution in [3.05, 3.63) is 80.7 Å². The van der Waals surface area contributed by atoms with E-state index in [-0.39, 0.29) is 29.4 Å². The van der Waals surface area contributed by atoms with Gasteiger partial charge in [0, 0.05) is 21.3 Å². The molecule has 2 heterocycles. The second-order valence-electron chi connectivity index (χ2n) is 7.07. The Labute approximate surface area is 187 Å². The molecule has 0 radical (unpaired) electrons. The van der Waals surface area contributed by atoms with Crippen LogP contribution < -0.4 is 11.1 Å². The zero-order valence-electron chi connectivity index (χ0n) is 16.8. The van der Waals surface area contributed by atoms with Gasteiger partial charge in [-0.2, -0.15) is 5.26 Å². The average Bonchev–Trinajstić information content (AvgIpc) is 3.04. The van der Waals surface area contributed by atoms with Crippen molar-refractivity contribution in [1.82, 2.24) is 0 Å². The molecule has 1 atom stereocenters. The number of esters is 1. The van der Waals surface area contributed by atoms with Gasteiger partial charge in [0.05, 0.1) is 6.61 Å². The van der Waals surface area contributed by atoms with Gasteiger partial charge in [-0.05, 0) is 25.5 Å². The number of anilines is 1. The van der Waals surface area contributed by atoms with Crippen LogP contribution in [0.15, 0.2) is 64.0 Å². The van der Waals surface area contributed by atoms with Crippen LogP contribution in [0.3, 0.4) is 0 Å². The summed E-state index contributed by atoms with van der Waals surface area (Å²) in [5.74, 6) is -1.51. The highest BCUT2D eigenvalue weighted by Gasteiger charge is 2.61.